The van der Waals surface area contributed by atoms with Gasteiger partial charge in [-0.1, -0.05) is 0 Å². The normalized spacial score (nSPS) is 12.1. The van der Waals surface area contributed by atoms with Crippen molar-refractivity contribution in [2.24, 2.45) is 7.05 Å². The molecule has 0 aliphatic rings. The molecule has 1 aromatic carbocycles. The molecule has 226 valence electrons. The van der Waals surface area contributed by atoms with Gasteiger partial charge in [-0.15, -0.1) is 0 Å². The molecular formula is C29H36FN5O6S. The first-order valence-corrected chi connectivity index (χ1v) is 15.1. The number of halogens is 1. The first kappa shape index (κ1) is 31.0. The third kappa shape index (κ3) is 7.65. The van der Waals surface area contributed by atoms with Crippen molar-refractivity contribution in [3.63, 3.8) is 0 Å². The number of carbonyl (C=O) groups is 1. The molecule has 0 aliphatic carbocycles. The minimum absolute atomic E-state index is 0.183. The summed E-state index contributed by atoms with van der Waals surface area (Å²) >= 11 is 0. The van der Waals surface area contributed by atoms with Crippen LogP contribution in [-0.4, -0.2) is 64.1 Å². The van der Waals surface area contributed by atoms with Crippen LogP contribution in [0, 0.1) is 12.7 Å². The van der Waals surface area contributed by atoms with Crippen LogP contribution in [0.5, 0.6) is 5.75 Å². The zero-order valence-electron chi connectivity index (χ0n) is 24.8. The van der Waals surface area contributed by atoms with Crippen molar-refractivity contribution in [3.05, 3.63) is 71.2 Å². The summed E-state index contributed by atoms with van der Waals surface area (Å²) < 4.78 is 57.3. The Labute approximate surface area is 244 Å². The van der Waals surface area contributed by atoms with Crippen LogP contribution in [0.25, 0.3) is 16.8 Å². The maximum atomic E-state index is 14.3. The molecule has 3 aromatic heterocycles. The van der Waals surface area contributed by atoms with Crippen LogP contribution in [0.2, 0.25) is 0 Å². The Morgan fingerprint density at radius 1 is 1.17 bits per heavy atom. The lowest BCUT2D eigenvalue weighted by molar-refractivity contribution is 0.0282. The SMILES string of the molecule is Cc1c(CCOc2cc(F)ccc2-c2ccc3ncc(CN(C)C(=O)OC(C)(C)C)n3c2)c(COS(C)(=O)=O)nn1C. The van der Waals surface area contributed by atoms with Crippen molar-refractivity contribution in [2.45, 2.75) is 52.9 Å². The van der Waals surface area contributed by atoms with E-state index >= 15 is 0 Å². The average molecular weight is 602 g/mol. The van der Waals surface area contributed by atoms with Crippen LogP contribution in [0.4, 0.5) is 9.18 Å². The highest BCUT2D eigenvalue weighted by Gasteiger charge is 2.21. The molecule has 0 bridgehead atoms. The van der Waals surface area contributed by atoms with Gasteiger partial charge in [0.15, 0.2) is 0 Å². The van der Waals surface area contributed by atoms with Crippen LogP contribution in [0.1, 0.15) is 43.4 Å². The Kier molecular flexibility index (Phi) is 8.92. The number of hydrogen-bond donors (Lipinski definition) is 0. The molecule has 3 heterocycles. The number of imidazole rings is 1. The molecule has 0 fully saturated rings. The average Bonchev–Trinajstić information content (AvgIpc) is 3.41. The summed E-state index contributed by atoms with van der Waals surface area (Å²) in [5.41, 5.74) is 4.42. The summed E-state index contributed by atoms with van der Waals surface area (Å²) in [4.78, 5) is 18.4. The zero-order chi connectivity index (χ0) is 30.8. The highest BCUT2D eigenvalue weighted by molar-refractivity contribution is 7.85. The molecule has 4 aromatic rings. The van der Waals surface area contributed by atoms with Crippen LogP contribution in [0.15, 0.2) is 42.7 Å². The highest BCUT2D eigenvalue weighted by Crippen LogP contribution is 2.32. The molecule has 0 radical (unpaired) electrons. The van der Waals surface area contributed by atoms with E-state index in [9.17, 15) is 17.6 Å². The van der Waals surface area contributed by atoms with Gasteiger partial charge in [-0.25, -0.2) is 14.2 Å². The molecule has 42 heavy (non-hydrogen) atoms. The molecule has 4 rings (SSSR count). The number of nitrogens with zero attached hydrogens (tertiary/aromatic N) is 5. The number of carbonyl (C=O) groups excluding carboxylic acids is 1. The summed E-state index contributed by atoms with van der Waals surface area (Å²) in [6.07, 6.45) is 4.51. The number of rotatable bonds is 10. The Hall–Kier alpha value is -3.97. The molecule has 1 amide bonds. The quantitative estimate of drug-likeness (QED) is 0.241. The minimum atomic E-state index is -3.63. The van der Waals surface area contributed by atoms with E-state index in [1.54, 1.807) is 31.0 Å². The fourth-order valence-electron chi connectivity index (χ4n) is 4.40. The monoisotopic (exact) mass is 601 g/mol. The number of aryl methyl sites for hydroxylation is 1. The molecule has 0 N–H and O–H groups in total. The van der Waals surface area contributed by atoms with E-state index in [4.69, 9.17) is 13.7 Å². The lowest BCUT2D eigenvalue weighted by Crippen LogP contribution is -2.34. The van der Waals surface area contributed by atoms with E-state index in [1.807, 2.05) is 50.4 Å². The molecule has 11 nitrogen and oxygen atoms in total. The van der Waals surface area contributed by atoms with E-state index in [2.05, 4.69) is 10.1 Å². The summed E-state index contributed by atoms with van der Waals surface area (Å²) in [7, 11) is -0.212. The van der Waals surface area contributed by atoms with Crippen molar-refractivity contribution in [1.82, 2.24) is 24.1 Å². The van der Waals surface area contributed by atoms with Gasteiger partial charge in [0.1, 0.15) is 29.4 Å². The first-order valence-electron chi connectivity index (χ1n) is 13.3. The largest absolute Gasteiger partial charge is 0.492 e. The number of hydrogen-bond acceptors (Lipinski definition) is 8. The molecular weight excluding hydrogens is 565 g/mol. The van der Waals surface area contributed by atoms with E-state index < -0.39 is 27.6 Å². The standard InChI is InChI=1S/C29H36FN5O6S/c1-19-23(25(32-34(19)6)18-40-42(7,37)38)12-13-39-26-14-21(30)9-10-24(26)20-8-11-27-31-15-22(35(27)16-20)17-33(5)28(36)41-29(2,3)4/h8-11,14-16H,12-13,17-18H2,1-7H3. The van der Waals surface area contributed by atoms with Gasteiger partial charge in [-0.05, 0) is 52.0 Å². The number of fused-ring (bicyclic) bond motifs is 1. The number of pyridine rings is 1. The van der Waals surface area contributed by atoms with Gasteiger partial charge >= 0.3 is 6.09 Å². The predicted molar refractivity (Wildman–Crippen MR) is 155 cm³/mol. The van der Waals surface area contributed by atoms with E-state index in [0.717, 1.165) is 28.8 Å². The van der Waals surface area contributed by atoms with Crippen LogP contribution >= 0.6 is 0 Å². The van der Waals surface area contributed by atoms with Crippen molar-refractivity contribution in [1.29, 1.82) is 0 Å². The second-order valence-electron chi connectivity index (χ2n) is 11.1. The third-order valence-electron chi connectivity index (χ3n) is 6.50. The van der Waals surface area contributed by atoms with Gasteiger partial charge in [0, 0.05) is 55.2 Å². The van der Waals surface area contributed by atoms with Gasteiger partial charge in [0.25, 0.3) is 10.1 Å². The second-order valence-corrected chi connectivity index (χ2v) is 12.7. The van der Waals surface area contributed by atoms with Crippen LogP contribution < -0.4 is 4.74 Å². The van der Waals surface area contributed by atoms with Gasteiger partial charge in [0.05, 0.1) is 37.0 Å². The van der Waals surface area contributed by atoms with E-state index in [1.165, 1.54) is 17.0 Å². The summed E-state index contributed by atoms with van der Waals surface area (Å²) in [5, 5.41) is 4.37. The second kappa shape index (κ2) is 12.1. The third-order valence-corrected chi connectivity index (χ3v) is 7.05. The Morgan fingerprint density at radius 2 is 1.90 bits per heavy atom. The lowest BCUT2D eigenvalue weighted by Gasteiger charge is -2.24. The van der Waals surface area contributed by atoms with Crippen molar-refractivity contribution < 1.29 is 31.3 Å². The summed E-state index contributed by atoms with van der Waals surface area (Å²) in [6.45, 7) is 7.58. The highest BCUT2D eigenvalue weighted by atomic mass is 32.2. The van der Waals surface area contributed by atoms with E-state index in [-0.39, 0.29) is 19.8 Å². The maximum absolute atomic E-state index is 14.3. The topological polar surface area (TPSA) is 117 Å². The molecule has 0 spiro atoms. The van der Waals surface area contributed by atoms with Gasteiger partial charge < -0.3 is 18.8 Å². The summed E-state index contributed by atoms with van der Waals surface area (Å²) in [5.74, 6) is -0.102. The maximum Gasteiger partial charge on any atom is 0.410 e. The lowest BCUT2D eigenvalue weighted by atomic mass is 10.1. The minimum Gasteiger partial charge on any atom is -0.492 e. The van der Waals surface area contributed by atoms with Crippen LogP contribution in [-0.2, 0) is 45.7 Å². The molecule has 13 heteroatoms. The predicted octanol–water partition coefficient (Wildman–Crippen LogP) is 4.65. The number of aromatic nitrogens is 4. The Morgan fingerprint density at radius 3 is 2.60 bits per heavy atom. The van der Waals surface area contributed by atoms with Gasteiger partial charge in [-0.3, -0.25) is 8.86 Å². The van der Waals surface area contributed by atoms with Crippen LogP contribution in [0.3, 0.4) is 0 Å². The fraction of sp³-hybridized carbons (Fsp3) is 0.414. The molecule has 0 unspecified atom stereocenters. The number of amides is 1. The Balaban J connectivity index is 1.55. The molecule has 0 aliphatic heterocycles. The van der Waals surface area contributed by atoms with Crippen molar-refractivity contribution >= 4 is 21.9 Å². The fourth-order valence-corrected chi connectivity index (χ4v) is 4.72. The molecule has 0 atom stereocenters. The van der Waals surface area contributed by atoms with Crippen molar-refractivity contribution in [2.75, 3.05) is 19.9 Å². The smallest absolute Gasteiger partial charge is 0.410 e. The van der Waals surface area contributed by atoms with Crippen molar-refractivity contribution in [3.8, 4) is 16.9 Å². The number of ether oxygens (including phenoxy) is 2. The number of benzene rings is 1. The molecule has 0 saturated carbocycles. The van der Waals surface area contributed by atoms with E-state index in [0.29, 0.717) is 29.1 Å². The summed E-state index contributed by atoms with van der Waals surface area (Å²) in [6, 6.07) is 8.05. The Bertz CT molecular complexity index is 1710. The zero-order valence-corrected chi connectivity index (χ0v) is 25.7. The van der Waals surface area contributed by atoms with Gasteiger partial charge in [0.2, 0.25) is 0 Å². The van der Waals surface area contributed by atoms with Gasteiger partial charge in [-0.2, -0.15) is 13.5 Å². The first-order chi connectivity index (χ1) is 19.6. The molecule has 0 saturated heterocycles.